The molecule has 0 saturated carbocycles. The van der Waals surface area contributed by atoms with Gasteiger partial charge in [-0.2, -0.15) is 0 Å². The van der Waals surface area contributed by atoms with Gasteiger partial charge < -0.3 is 0 Å². The summed E-state index contributed by atoms with van der Waals surface area (Å²) in [5.74, 6) is -0.347. The molecule has 0 amide bonds. The zero-order valence-corrected chi connectivity index (χ0v) is 10.6. The van der Waals surface area contributed by atoms with E-state index >= 15 is 0 Å². The van der Waals surface area contributed by atoms with E-state index in [1.807, 2.05) is 0 Å². The van der Waals surface area contributed by atoms with Gasteiger partial charge in [-0.3, -0.25) is 4.90 Å². The van der Waals surface area contributed by atoms with Crippen molar-refractivity contribution in [2.24, 2.45) is 0 Å². The second kappa shape index (κ2) is 4.81. The lowest BCUT2D eigenvalue weighted by Crippen LogP contribution is -2.20. The number of nitrogens with zero attached hydrogens (tertiary/aromatic N) is 1. The lowest BCUT2D eigenvalue weighted by molar-refractivity contribution is 0.332. The third-order valence-corrected chi connectivity index (χ3v) is 3.64. The van der Waals surface area contributed by atoms with Crippen molar-refractivity contribution in [3.63, 3.8) is 0 Å². The van der Waals surface area contributed by atoms with Gasteiger partial charge in [0.2, 0.25) is 0 Å². The topological polar surface area (TPSA) is 3.24 Å². The van der Waals surface area contributed by atoms with Crippen LogP contribution in [0.1, 0.15) is 12.0 Å². The van der Waals surface area contributed by atoms with Crippen LogP contribution in [-0.4, -0.2) is 22.8 Å². The van der Waals surface area contributed by atoms with E-state index in [4.69, 9.17) is 11.6 Å². The molecule has 2 rings (SSSR count). The fraction of sp³-hybridized carbons (Fsp3) is 0.455. The quantitative estimate of drug-likeness (QED) is 0.755. The molecular weight excluding hydrogens is 280 g/mol. The number of halogens is 3. The molecule has 0 aromatic heterocycles. The van der Waals surface area contributed by atoms with Gasteiger partial charge in [-0.15, -0.1) is 0 Å². The standard InChI is InChI=1S/C11H12BrClFN/c12-9-3-4-15(7-9)6-8-1-2-11(14)10(13)5-8/h1-2,5,9H,3-4,6-7H2. The van der Waals surface area contributed by atoms with E-state index in [2.05, 4.69) is 20.8 Å². The predicted octanol–water partition coefficient (Wildman–Crippen LogP) is 3.45. The highest BCUT2D eigenvalue weighted by Gasteiger charge is 2.19. The summed E-state index contributed by atoms with van der Waals surface area (Å²) >= 11 is 9.32. The molecule has 1 aromatic rings. The zero-order valence-electron chi connectivity index (χ0n) is 8.22. The first kappa shape index (κ1) is 11.4. The molecule has 1 nitrogen and oxygen atoms in total. The summed E-state index contributed by atoms with van der Waals surface area (Å²) in [6.07, 6.45) is 1.18. The van der Waals surface area contributed by atoms with Crippen molar-refractivity contribution in [1.29, 1.82) is 0 Å². The summed E-state index contributed by atoms with van der Waals surface area (Å²) in [7, 11) is 0. The van der Waals surface area contributed by atoms with Crippen LogP contribution in [0.15, 0.2) is 18.2 Å². The van der Waals surface area contributed by atoms with Crippen LogP contribution in [0, 0.1) is 5.82 Å². The number of hydrogen-bond acceptors (Lipinski definition) is 1. The van der Waals surface area contributed by atoms with Crippen LogP contribution in [0.25, 0.3) is 0 Å². The molecule has 1 atom stereocenters. The van der Waals surface area contributed by atoms with E-state index in [1.165, 1.54) is 12.5 Å². The minimum Gasteiger partial charge on any atom is -0.298 e. The van der Waals surface area contributed by atoms with E-state index < -0.39 is 0 Å². The molecule has 1 fully saturated rings. The largest absolute Gasteiger partial charge is 0.298 e. The number of benzene rings is 1. The molecule has 0 N–H and O–H groups in total. The highest BCUT2D eigenvalue weighted by Crippen LogP contribution is 2.21. The summed E-state index contributed by atoms with van der Waals surface area (Å²) in [6.45, 7) is 2.99. The molecule has 1 unspecified atom stereocenters. The molecule has 1 aliphatic rings. The van der Waals surface area contributed by atoms with Crippen LogP contribution in [0.5, 0.6) is 0 Å². The molecule has 1 aliphatic heterocycles. The minimum atomic E-state index is -0.347. The van der Waals surface area contributed by atoms with Gasteiger partial charge in [-0.25, -0.2) is 4.39 Å². The molecule has 1 saturated heterocycles. The zero-order chi connectivity index (χ0) is 10.8. The monoisotopic (exact) mass is 291 g/mol. The van der Waals surface area contributed by atoms with Crippen LogP contribution in [0.2, 0.25) is 5.02 Å². The molecule has 1 aromatic carbocycles. The Hall–Kier alpha value is -0.120. The van der Waals surface area contributed by atoms with Crippen LogP contribution in [0.4, 0.5) is 4.39 Å². The highest BCUT2D eigenvalue weighted by atomic mass is 79.9. The molecule has 0 spiro atoms. The molecule has 1 heterocycles. The molecule has 0 bridgehead atoms. The smallest absolute Gasteiger partial charge is 0.141 e. The second-order valence-corrected chi connectivity index (χ2v) is 5.57. The number of alkyl halides is 1. The van der Waals surface area contributed by atoms with Crippen molar-refractivity contribution in [3.8, 4) is 0 Å². The minimum absolute atomic E-state index is 0.210. The molecule has 15 heavy (non-hydrogen) atoms. The third-order valence-electron chi connectivity index (χ3n) is 2.61. The Labute approximate surface area is 102 Å². The van der Waals surface area contributed by atoms with E-state index in [9.17, 15) is 4.39 Å². The Bertz CT molecular complexity index is 358. The molecular formula is C11H12BrClFN. The normalized spacial score (nSPS) is 22.2. The predicted molar refractivity (Wildman–Crippen MR) is 64.0 cm³/mol. The van der Waals surface area contributed by atoms with Crippen molar-refractivity contribution in [3.05, 3.63) is 34.6 Å². The van der Waals surface area contributed by atoms with Crippen molar-refractivity contribution in [2.45, 2.75) is 17.8 Å². The Kier molecular flexibility index (Phi) is 3.65. The van der Waals surface area contributed by atoms with Gasteiger partial charge in [0, 0.05) is 17.9 Å². The fourth-order valence-corrected chi connectivity index (χ4v) is 2.64. The summed E-state index contributed by atoms with van der Waals surface area (Å²) < 4.78 is 12.9. The number of likely N-dealkylation sites (tertiary alicyclic amines) is 1. The summed E-state index contributed by atoms with van der Waals surface area (Å²) in [5.41, 5.74) is 1.07. The first-order valence-electron chi connectivity index (χ1n) is 4.95. The molecule has 82 valence electrons. The van der Waals surface area contributed by atoms with Gasteiger partial charge in [0.25, 0.3) is 0 Å². The molecule has 4 heteroatoms. The first-order valence-corrected chi connectivity index (χ1v) is 6.25. The highest BCUT2D eigenvalue weighted by molar-refractivity contribution is 9.09. The maximum absolute atomic E-state index is 12.9. The van der Waals surface area contributed by atoms with Crippen LogP contribution >= 0.6 is 27.5 Å². The van der Waals surface area contributed by atoms with Crippen molar-refractivity contribution in [2.75, 3.05) is 13.1 Å². The summed E-state index contributed by atoms with van der Waals surface area (Å²) in [5, 5.41) is 0.210. The molecule has 0 aliphatic carbocycles. The lowest BCUT2D eigenvalue weighted by Gasteiger charge is -2.14. The van der Waals surface area contributed by atoms with Gasteiger partial charge in [-0.05, 0) is 30.7 Å². The number of rotatable bonds is 2. The summed E-state index contributed by atoms with van der Waals surface area (Å²) in [6, 6.07) is 4.93. The van der Waals surface area contributed by atoms with Gasteiger partial charge in [-0.1, -0.05) is 33.6 Å². The molecule has 0 radical (unpaired) electrons. The Morgan fingerprint density at radius 3 is 2.93 bits per heavy atom. The Balaban J connectivity index is 2.02. The lowest BCUT2D eigenvalue weighted by atomic mass is 10.2. The fourth-order valence-electron chi connectivity index (χ4n) is 1.83. The van der Waals surface area contributed by atoms with Gasteiger partial charge in [0.15, 0.2) is 0 Å². The first-order chi connectivity index (χ1) is 7.15. The second-order valence-electron chi connectivity index (χ2n) is 3.87. The average Bonchev–Trinajstić information content (AvgIpc) is 2.58. The third kappa shape index (κ3) is 2.92. The van der Waals surface area contributed by atoms with E-state index in [-0.39, 0.29) is 10.8 Å². The maximum Gasteiger partial charge on any atom is 0.141 e. The SMILES string of the molecule is Fc1ccc(CN2CCC(Br)C2)cc1Cl. The van der Waals surface area contributed by atoms with Crippen LogP contribution < -0.4 is 0 Å². The van der Waals surface area contributed by atoms with E-state index in [1.54, 1.807) is 12.1 Å². The van der Waals surface area contributed by atoms with Crippen LogP contribution in [-0.2, 0) is 6.54 Å². The Morgan fingerprint density at radius 2 is 2.33 bits per heavy atom. The number of hydrogen-bond donors (Lipinski definition) is 0. The van der Waals surface area contributed by atoms with E-state index in [0.717, 1.165) is 25.2 Å². The van der Waals surface area contributed by atoms with Gasteiger partial charge >= 0.3 is 0 Å². The maximum atomic E-state index is 12.9. The average molecular weight is 293 g/mol. The van der Waals surface area contributed by atoms with Crippen LogP contribution in [0.3, 0.4) is 0 Å². The van der Waals surface area contributed by atoms with Crippen molar-refractivity contribution < 1.29 is 4.39 Å². The van der Waals surface area contributed by atoms with Crippen molar-refractivity contribution >= 4 is 27.5 Å². The van der Waals surface area contributed by atoms with Gasteiger partial charge in [0.1, 0.15) is 5.82 Å². The van der Waals surface area contributed by atoms with Crippen molar-refractivity contribution in [1.82, 2.24) is 4.90 Å². The summed E-state index contributed by atoms with van der Waals surface area (Å²) in [4.78, 5) is 2.93. The van der Waals surface area contributed by atoms with E-state index in [0.29, 0.717) is 4.83 Å². The Morgan fingerprint density at radius 1 is 1.53 bits per heavy atom. The van der Waals surface area contributed by atoms with Gasteiger partial charge in [0.05, 0.1) is 5.02 Å².